The van der Waals surface area contributed by atoms with Gasteiger partial charge in [0.2, 0.25) is 0 Å². The third-order valence-electron chi connectivity index (χ3n) is 7.98. The third kappa shape index (κ3) is 3.99. The van der Waals surface area contributed by atoms with E-state index in [1.807, 2.05) is 6.07 Å². The van der Waals surface area contributed by atoms with Crippen LogP contribution in [-0.4, -0.2) is 25.5 Å². The summed E-state index contributed by atoms with van der Waals surface area (Å²) in [5.74, 6) is 0.397. The number of piperidine rings is 1. The van der Waals surface area contributed by atoms with Crippen LogP contribution in [0.15, 0.2) is 48.5 Å². The fourth-order valence-electron chi connectivity index (χ4n) is 6.35. The number of nitrogens with zero attached hydrogens (tertiary/aromatic N) is 1. The summed E-state index contributed by atoms with van der Waals surface area (Å²) >= 11 is 0. The molecule has 1 heterocycles. The van der Waals surface area contributed by atoms with E-state index < -0.39 is 11.7 Å². The van der Waals surface area contributed by atoms with Crippen molar-refractivity contribution in [1.29, 1.82) is 0 Å². The molecular weight excluding hydrogens is 425 g/mol. The molecule has 2 aromatic carbocycles. The van der Waals surface area contributed by atoms with Gasteiger partial charge in [0.05, 0.1) is 5.56 Å². The van der Waals surface area contributed by atoms with E-state index in [9.17, 15) is 18.0 Å². The number of hydrogen-bond acceptors (Lipinski definition) is 2. The summed E-state index contributed by atoms with van der Waals surface area (Å²) in [6.45, 7) is 1.04. The summed E-state index contributed by atoms with van der Waals surface area (Å²) in [5, 5.41) is 3.74. The van der Waals surface area contributed by atoms with Crippen molar-refractivity contribution >= 4 is 17.7 Å². The Bertz CT molecular complexity index is 1090. The number of carbonyl (C=O) groups is 1. The first-order valence-corrected chi connectivity index (χ1v) is 11.8. The quantitative estimate of drug-likeness (QED) is 0.601. The highest BCUT2D eigenvalue weighted by molar-refractivity contribution is 6.03. The van der Waals surface area contributed by atoms with Gasteiger partial charge in [-0.1, -0.05) is 31.0 Å². The first kappa shape index (κ1) is 22.2. The molecule has 0 aromatic heterocycles. The maximum Gasteiger partial charge on any atom is 0.416 e. The lowest BCUT2D eigenvalue weighted by Gasteiger charge is -2.56. The lowest BCUT2D eigenvalue weighted by Crippen LogP contribution is -2.59. The largest absolute Gasteiger partial charge is 0.416 e. The SMILES string of the molecule is CN(C(=O)C=Cc1cccc(C(F)(F)F)c1)c1ccc2c(c1)[C@@]13CCCC[C@H]1[C@@H](C2)NCC3. The molecule has 33 heavy (non-hydrogen) atoms. The van der Waals surface area contributed by atoms with Crippen LogP contribution < -0.4 is 10.2 Å². The second-order valence-electron chi connectivity index (χ2n) is 9.72. The van der Waals surface area contributed by atoms with Gasteiger partial charge in [0, 0.05) is 30.3 Å². The van der Waals surface area contributed by atoms with Gasteiger partial charge >= 0.3 is 6.18 Å². The van der Waals surface area contributed by atoms with Gasteiger partial charge in [-0.3, -0.25) is 4.79 Å². The maximum atomic E-state index is 13.0. The second kappa shape index (κ2) is 8.32. The number of benzene rings is 2. The number of halogens is 3. The van der Waals surface area contributed by atoms with Gasteiger partial charge in [0.1, 0.15) is 0 Å². The van der Waals surface area contributed by atoms with Gasteiger partial charge in [-0.2, -0.15) is 13.2 Å². The van der Waals surface area contributed by atoms with Crippen LogP contribution in [0.4, 0.5) is 18.9 Å². The Morgan fingerprint density at radius 2 is 2.00 bits per heavy atom. The van der Waals surface area contributed by atoms with Crippen molar-refractivity contribution in [1.82, 2.24) is 5.32 Å². The Morgan fingerprint density at radius 1 is 1.15 bits per heavy atom. The lowest BCUT2D eigenvalue weighted by atomic mass is 9.53. The van der Waals surface area contributed by atoms with Crippen LogP contribution in [0.1, 0.15) is 54.4 Å². The number of carbonyl (C=O) groups excluding carboxylic acids is 1. The van der Waals surface area contributed by atoms with Crippen molar-refractivity contribution in [2.75, 3.05) is 18.5 Å². The van der Waals surface area contributed by atoms with E-state index in [1.165, 1.54) is 55.0 Å². The standard InChI is InChI=1S/C27H29F3N2O/c1-32(25(33)11-8-18-5-4-6-20(15-18)27(28,29)30)21-10-9-19-16-24-22-7-2-3-12-26(22,13-14-31-24)23(19)17-21/h4-6,8-11,15,17,22,24,31H,2-3,7,12-14,16H2,1H3/t22-,24+,26+/m0/s1. The molecule has 2 aromatic rings. The van der Waals surface area contributed by atoms with Gasteiger partial charge in [-0.05, 0) is 85.2 Å². The smallest absolute Gasteiger partial charge is 0.313 e. The summed E-state index contributed by atoms with van der Waals surface area (Å²) in [6.07, 6.45) is 5.57. The maximum absolute atomic E-state index is 13.0. The van der Waals surface area contributed by atoms with Crippen LogP contribution in [0.25, 0.3) is 6.08 Å². The minimum absolute atomic E-state index is 0.204. The Morgan fingerprint density at radius 3 is 2.82 bits per heavy atom. The normalized spacial score (nSPS) is 26.5. The van der Waals surface area contributed by atoms with Gasteiger partial charge in [0.15, 0.2) is 0 Å². The fourth-order valence-corrected chi connectivity index (χ4v) is 6.35. The Hall–Kier alpha value is -2.60. The topological polar surface area (TPSA) is 32.3 Å². The fraction of sp³-hybridized carbons (Fsp3) is 0.444. The highest BCUT2D eigenvalue weighted by Crippen LogP contribution is 2.54. The molecule has 2 fully saturated rings. The molecule has 174 valence electrons. The Balaban J connectivity index is 1.40. The zero-order chi connectivity index (χ0) is 23.2. The van der Waals surface area contributed by atoms with E-state index in [0.29, 0.717) is 17.5 Å². The molecule has 1 N–H and O–H groups in total. The van der Waals surface area contributed by atoms with E-state index in [2.05, 4.69) is 17.4 Å². The van der Waals surface area contributed by atoms with Crippen LogP contribution >= 0.6 is 0 Å². The minimum Gasteiger partial charge on any atom is -0.313 e. The molecule has 0 radical (unpaired) electrons. The van der Waals surface area contributed by atoms with Gasteiger partial charge in [0.25, 0.3) is 5.91 Å². The lowest BCUT2D eigenvalue weighted by molar-refractivity contribution is -0.137. The summed E-state index contributed by atoms with van der Waals surface area (Å²) in [6, 6.07) is 11.9. The molecule has 3 nitrogen and oxygen atoms in total. The number of amides is 1. The van der Waals surface area contributed by atoms with Crippen molar-refractivity contribution in [2.24, 2.45) is 5.92 Å². The highest BCUT2D eigenvalue weighted by atomic mass is 19.4. The van der Waals surface area contributed by atoms with Crippen LogP contribution in [0.2, 0.25) is 0 Å². The Labute approximate surface area is 192 Å². The third-order valence-corrected chi connectivity index (χ3v) is 7.98. The zero-order valence-corrected chi connectivity index (χ0v) is 18.8. The Kier molecular flexibility index (Phi) is 5.60. The predicted octanol–water partition coefficient (Wildman–Crippen LogP) is 5.73. The van der Waals surface area contributed by atoms with E-state index >= 15 is 0 Å². The molecule has 2 aliphatic carbocycles. The number of alkyl halides is 3. The van der Waals surface area contributed by atoms with Crippen molar-refractivity contribution < 1.29 is 18.0 Å². The van der Waals surface area contributed by atoms with Crippen LogP contribution in [0, 0.1) is 5.92 Å². The van der Waals surface area contributed by atoms with Gasteiger partial charge < -0.3 is 10.2 Å². The molecule has 1 saturated carbocycles. The van der Waals surface area contributed by atoms with Crippen LogP contribution in [0.5, 0.6) is 0 Å². The molecule has 1 aliphatic heterocycles. The molecular formula is C27H29F3N2O. The molecule has 2 bridgehead atoms. The number of anilines is 1. The van der Waals surface area contributed by atoms with E-state index in [-0.39, 0.29) is 11.3 Å². The minimum atomic E-state index is -4.40. The van der Waals surface area contributed by atoms with Crippen LogP contribution in [0.3, 0.4) is 0 Å². The number of rotatable bonds is 3. The predicted molar refractivity (Wildman–Crippen MR) is 124 cm³/mol. The summed E-state index contributed by atoms with van der Waals surface area (Å²) in [7, 11) is 1.73. The molecule has 3 atom stereocenters. The first-order valence-electron chi connectivity index (χ1n) is 11.8. The summed E-state index contributed by atoms with van der Waals surface area (Å²) < 4.78 is 38.9. The second-order valence-corrected chi connectivity index (χ2v) is 9.72. The summed E-state index contributed by atoms with van der Waals surface area (Å²) in [4.78, 5) is 14.5. The zero-order valence-electron chi connectivity index (χ0n) is 18.8. The number of nitrogens with one attached hydrogen (secondary N) is 1. The van der Waals surface area contributed by atoms with Gasteiger partial charge in [-0.25, -0.2) is 0 Å². The molecule has 1 saturated heterocycles. The molecule has 1 amide bonds. The first-order chi connectivity index (χ1) is 15.8. The van der Waals surface area contributed by atoms with Crippen molar-refractivity contribution in [3.63, 3.8) is 0 Å². The van der Waals surface area contributed by atoms with E-state index in [4.69, 9.17) is 0 Å². The van der Waals surface area contributed by atoms with Crippen molar-refractivity contribution in [3.05, 3.63) is 70.8 Å². The van der Waals surface area contributed by atoms with Gasteiger partial charge in [-0.15, -0.1) is 0 Å². The molecule has 6 heteroatoms. The average Bonchev–Trinajstić information content (AvgIpc) is 2.81. The molecule has 0 spiro atoms. The van der Waals surface area contributed by atoms with Crippen LogP contribution in [-0.2, 0) is 22.8 Å². The average molecular weight is 455 g/mol. The molecule has 5 rings (SSSR count). The summed E-state index contributed by atoms with van der Waals surface area (Å²) in [5.41, 5.74) is 3.46. The monoisotopic (exact) mass is 454 g/mol. The van der Waals surface area contributed by atoms with Crippen molar-refractivity contribution in [3.8, 4) is 0 Å². The van der Waals surface area contributed by atoms with E-state index in [0.717, 1.165) is 37.2 Å². The number of hydrogen-bond donors (Lipinski definition) is 1. The highest BCUT2D eigenvalue weighted by Gasteiger charge is 2.51. The molecule has 0 unspecified atom stereocenters. The van der Waals surface area contributed by atoms with E-state index in [1.54, 1.807) is 18.0 Å². The number of likely N-dealkylation sites (N-methyl/N-ethyl adjacent to an activating group) is 1. The molecule has 3 aliphatic rings. The van der Waals surface area contributed by atoms with Crippen molar-refractivity contribution in [2.45, 2.75) is 56.2 Å². The number of fused-ring (bicyclic) bond motifs is 1.